The van der Waals surface area contributed by atoms with E-state index in [1.54, 1.807) is 0 Å². The number of nitrogens with two attached hydrogens (primary N) is 1. The van der Waals surface area contributed by atoms with Crippen molar-refractivity contribution < 1.29 is 0 Å². The van der Waals surface area contributed by atoms with E-state index in [0.29, 0.717) is 5.92 Å². The Morgan fingerprint density at radius 1 is 1.12 bits per heavy atom. The van der Waals surface area contributed by atoms with E-state index in [1.165, 1.54) is 21.9 Å². The van der Waals surface area contributed by atoms with Crippen LogP contribution in [0.2, 0.25) is 0 Å². The topological polar surface area (TPSA) is 26.0 Å². The van der Waals surface area contributed by atoms with Gasteiger partial charge in [-0.15, -0.1) is 0 Å². The fraction of sp³-hybridized carbons (Fsp3) is 0.250. The quantitative estimate of drug-likeness (QED) is 0.724. The fourth-order valence-electron chi connectivity index (χ4n) is 2.56. The largest absolute Gasteiger partial charge is 0.321 e. The highest BCUT2D eigenvalue weighted by atomic mass is 14.7. The summed E-state index contributed by atoms with van der Waals surface area (Å²) in [4.78, 5) is 0. The zero-order valence-electron chi connectivity index (χ0n) is 10.3. The SMILES string of the molecule is CC1C=Cc2cc3ccccc3cc2C1(C)N. The van der Waals surface area contributed by atoms with E-state index in [1.807, 2.05) is 0 Å². The molecule has 0 spiro atoms. The van der Waals surface area contributed by atoms with Crippen LogP contribution in [0.15, 0.2) is 42.5 Å². The van der Waals surface area contributed by atoms with Crippen molar-refractivity contribution in [2.75, 3.05) is 0 Å². The lowest BCUT2D eigenvalue weighted by molar-refractivity contribution is 0.382. The summed E-state index contributed by atoms with van der Waals surface area (Å²) >= 11 is 0. The van der Waals surface area contributed by atoms with Crippen molar-refractivity contribution in [1.29, 1.82) is 0 Å². The molecule has 0 aromatic heterocycles. The number of hydrogen-bond donors (Lipinski definition) is 1. The standard InChI is InChI=1S/C16H17N/c1-11-7-8-14-9-12-5-3-4-6-13(12)10-15(14)16(11,2)17/h3-11H,17H2,1-2H3. The van der Waals surface area contributed by atoms with Gasteiger partial charge in [0.25, 0.3) is 0 Å². The molecule has 3 rings (SSSR count). The average Bonchev–Trinajstić information content (AvgIpc) is 2.33. The van der Waals surface area contributed by atoms with E-state index in [9.17, 15) is 0 Å². The van der Waals surface area contributed by atoms with Crippen LogP contribution in [0.3, 0.4) is 0 Å². The molecule has 2 atom stereocenters. The van der Waals surface area contributed by atoms with Crippen LogP contribution < -0.4 is 5.73 Å². The first-order chi connectivity index (χ1) is 8.09. The molecule has 0 bridgehead atoms. The highest BCUT2D eigenvalue weighted by Crippen LogP contribution is 2.37. The molecular formula is C16H17N. The van der Waals surface area contributed by atoms with Crippen LogP contribution in [0, 0.1) is 5.92 Å². The van der Waals surface area contributed by atoms with Crippen molar-refractivity contribution in [1.82, 2.24) is 0 Å². The van der Waals surface area contributed by atoms with Gasteiger partial charge < -0.3 is 5.73 Å². The number of hydrogen-bond acceptors (Lipinski definition) is 1. The summed E-state index contributed by atoms with van der Waals surface area (Å²) in [5.41, 5.74) is 8.72. The van der Waals surface area contributed by atoms with Crippen LogP contribution >= 0.6 is 0 Å². The van der Waals surface area contributed by atoms with Crippen LogP contribution in [-0.4, -0.2) is 0 Å². The molecule has 1 nitrogen and oxygen atoms in total. The Morgan fingerprint density at radius 3 is 2.47 bits per heavy atom. The number of rotatable bonds is 0. The molecule has 0 radical (unpaired) electrons. The summed E-state index contributed by atoms with van der Waals surface area (Å²) in [5, 5.41) is 2.55. The smallest absolute Gasteiger partial charge is 0.0448 e. The lowest BCUT2D eigenvalue weighted by Gasteiger charge is -2.35. The van der Waals surface area contributed by atoms with Gasteiger partial charge in [-0.3, -0.25) is 0 Å². The van der Waals surface area contributed by atoms with Crippen LogP contribution in [0.4, 0.5) is 0 Å². The number of benzene rings is 2. The molecule has 17 heavy (non-hydrogen) atoms. The van der Waals surface area contributed by atoms with Gasteiger partial charge in [0.1, 0.15) is 0 Å². The molecule has 0 fully saturated rings. The molecule has 1 heteroatoms. The van der Waals surface area contributed by atoms with Crippen molar-refractivity contribution in [3.05, 3.63) is 53.6 Å². The summed E-state index contributed by atoms with van der Waals surface area (Å²) < 4.78 is 0. The van der Waals surface area contributed by atoms with Gasteiger partial charge >= 0.3 is 0 Å². The molecule has 2 aromatic carbocycles. The maximum absolute atomic E-state index is 6.47. The van der Waals surface area contributed by atoms with Crippen molar-refractivity contribution in [2.45, 2.75) is 19.4 Å². The molecular weight excluding hydrogens is 206 g/mol. The lowest BCUT2D eigenvalue weighted by atomic mass is 9.75. The third-order valence-electron chi connectivity index (χ3n) is 4.01. The van der Waals surface area contributed by atoms with Gasteiger partial charge in [-0.1, -0.05) is 43.3 Å². The predicted molar refractivity (Wildman–Crippen MR) is 73.7 cm³/mol. The maximum atomic E-state index is 6.47. The van der Waals surface area contributed by atoms with Crippen LogP contribution in [-0.2, 0) is 5.54 Å². The van der Waals surface area contributed by atoms with Gasteiger partial charge in [-0.2, -0.15) is 0 Å². The van der Waals surface area contributed by atoms with E-state index in [4.69, 9.17) is 5.73 Å². The zero-order valence-corrected chi connectivity index (χ0v) is 10.3. The highest BCUT2D eigenvalue weighted by Gasteiger charge is 2.31. The Hall–Kier alpha value is -1.60. The van der Waals surface area contributed by atoms with E-state index in [2.05, 4.69) is 62.4 Å². The van der Waals surface area contributed by atoms with Gasteiger partial charge in [0.2, 0.25) is 0 Å². The summed E-state index contributed by atoms with van der Waals surface area (Å²) in [6, 6.07) is 12.9. The molecule has 1 aliphatic carbocycles. The minimum atomic E-state index is -0.270. The highest BCUT2D eigenvalue weighted by molar-refractivity contribution is 5.87. The zero-order chi connectivity index (χ0) is 12.0. The minimum absolute atomic E-state index is 0.270. The predicted octanol–water partition coefficient (Wildman–Crippen LogP) is 3.68. The summed E-state index contributed by atoms with van der Waals surface area (Å²) in [7, 11) is 0. The van der Waals surface area contributed by atoms with E-state index in [-0.39, 0.29) is 5.54 Å². The summed E-state index contributed by atoms with van der Waals surface area (Å²) in [5.74, 6) is 0.371. The Bertz CT molecular complexity index is 608. The monoisotopic (exact) mass is 223 g/mol. The van der Waals surface area contributed by atoms with Gasteiger partial charge in [0.15, 0.2) is 0 Å². The first-order valence-corrected chi connectivity index (χ1v) is 6.09. The molecule has 0 amide bonds. The summed E-state index contributed by atoms with van der Waals surface area (Å²) in [6.07, 6.45) is 4.40. The second-order valence-corrected chi connectivity index (χ2v) is 5.22. The van der Waals surface area contributed by atoms with Crippen molar-refractivity contribution >= 4 is 16.8 Å². The lowest BCUT2D eigenvalue weighted by Crippen LogP contribution is -2.41. The van der Waals surface area contributed by atoms with Crippen molar-refractivity contribution in [2.24, 2.45) is 11.7 Å². The first kappa shape index (κ1) is 10.5. The van der Waals surface area contributed by atoms with E-state index < -0.39 is 0 Å². The maximum Gasteiger partial charge on any atom is 0.0448 e. The second kappa shape index (κ2) is 3.44. The first-order valence-electron chi connectivity index (χ1n) is 6.09. The third kappa shape index (κ3) is 1.50. The van der Waals surface area contributed by atoms with Crippen molar-refractivity contribution in [3.8, 4) is 0 Å². The van der Waals surface area contributed by atoms with Gasteiger partial charge in [-0.25, -0.2) is 0 Å². The van der Waals surface area contributed by atoms with Crippen LogP contribution in [0.5, 0.6) is 0 Å². The molecule has 0 aliphatic heterocycles. The van der Waals surface area contributed by atoms with Gasteiger partial charge in [0.05, 0.1) is 0 Å². The van der Waals surface area contributed by atoms with Gasteiger partial charge in [0, 0.05) is 5.54 Å². The molecule has 2 N–H and O–H groups in total. The molecule has 0 saturated carbocycles. The minimum Gasteiger partial charge on any atom is -0.321 e. The van der Waals surface area contributed by atoms with E-state index >= 15 is 0 Å². The molecule has 0 heterocycles. The molecule has 2 aromatic rings. The average molecular weight is 223 g/mol. The third-order valence-corrected chi connectivity index (χ3v) is 4.01. The Morgan fingerprint density at radius 2 is 1.76 bits per heavy atom. The van der Waals surface area contributed by atoms with Crippen LogP contribution in [0.1, 0.15) is 25.0 Å². The Labute approximate surface area is 102 Å². The molecule has 2 unspecified atom stereocenters. The van der Waals surface area contributed by atoms with Gasteiger partial charge in [-0.05, 0) is 46.9 Å². The molecule has 1 aliphatic rings. The van der Waals surface area contributed by atoms with Crippen LogP contribution in [0.25, 0.3) is 16.8 Å². The number of fused-ring (bicyclic) bond motifs is 2. The second-order valence-electron chi connectivity index (χ2n) is 5.22. The normalized spacial score (nSPS) is 27.1. The van der Waals surface area contributed by atoms with Crippen molar-refractivity contribution in [3.63, 3.8) is 0 Å². The Kier molecular flexibility index (Phi) is 2.14. The molecule has 0 saturated heterocycles. The Balaban J connectivity index is 2.33. The fourth-order valence-corrected chi connectivity index (χ4v) is 2.56. The van der Waals surface area contributed by atoms with E-state index in [0.717, 1.165) is 0 Å². The summed E-state index contributed by atoms with van der Waals surface area (Å²) in [6.45, 7) is 4.30. The molecule has 86 valence electrons.